The Morgan fingerprint density at radius 2 is 1.86 bits per heavy atom. The molecule has 1 aliphatic carbocycles. The van der Waals surface area contributed by atoms with Crippen molar-refractivity contribution in [3.05, 3.63) is 35.6 Å². The van der Waals surface area contributed by atoms with Gasteiger partial charge in [-0.05, 0) is 62.3 Å². The quantitative estimate of drug-likeness (QED) is 0.326. The van der Waals surface area contributed by atoms with Gasteiger partial charge in [0.2, 0.25) is 0 Å². The zero-order valence-electron chi connectivity index (χ0n) is 21.5. The molecule has 1 aromatic carbocycles. The molecule has 3 aliphatic rings. The lowest BCUT2D eigenvalue weighted by Gasteiger charge is -2.69. The second-order valence-electron chi connectivity index (χ2n) is 10.2. The smallest absolute Gasteiger partial charge is 0.318 e. The number of aliphatic hydroxyl groups is 1. The number of fused-ring (bicyclic) bond motifs is 1. The molecule has 1 saturated heterocycles. The Bertz CT molecular complexity index is 1070. The summed E-state index contributed by atoms with van der Waals surface area (Å²) in [5.41, 5.74) is -2.48. The van der Waals surface area contributed by atoms with Crippen molar-refractivity contribution in [2.45, 2.75) is 56.7 Å². The molecular formula is C25H35NO8Si. The lowest BCUT2D eigenvalue weighted by atomic mass is 9.42. The predicted molar refractivity (Wildman–Crippen MR) is 130 cm³/mol. The van der Waals surface area contributed by atoms with Crippen LogP contribution in [-0.2, 0) is 35.4 Å². The number of rotatable bonds is 8. The third kappa shape index (κ3) is 3.19. The van der Waals surface area contributed by atoms with Crippen LogP contribution in [-0.4, -0.2) is 76.4 Å². The molecule has 10 heteroatoms. The zero-order chi connectivity index (χ0) is 25.8. The van der Waals surface area contributed by atoms with E-state index < -0.39 is 42.9 Å². The summed E-state index contributed by atoms with van der Waals surface area (Å²) < 4.78 is 28.8. The Balaban J connectivity index is 2.12. The minimum atomic E-state index is -2.28. The molecule has 35 heavy (non-hydrogen) atoms. The maximum atomic E-state index is 13.7. The second kappa shape index (κ2) is 8.53. The molecule has 2 heterocycles. The Kier molecular flexibility index (Phi) is 6.22. The van der Waals surface area contributed by atoms with Gasteiger partial charge in [-0.2, -0.15) is 0 Å². The van der Waals surface area contributed by atoms with Gasteiger partial charge in [0.1, 0.15) is 16.6 Å². The molecule has 1 amide bonds. The summed E-state index contributed by atoms with van der Waals surface area (Å²) in [4.78, 5) is 29.0. The molecule has 2 fully saturated rings. The van der Waals surface area contributed by atoms with Crippen LogP contribution in [0.1, 0.15) is 24.5 Å². The minimum absolute atomic E-state index is 0.0696. The number of esters is 1. The molecule has 4 rings (SSSR count). The van der Waals surface area contributed by atoms with Crippen LogP contribution >= 0.6 is 0 Å². The predicted octanol–water partition coefficient (Wildman–Crippen LogP) is 2.36. The lowest BCUT2D eigenvalue weighted by Crippen LogP contribution is -2.81. The van der Waals surface area contributed by atoms with E-state index in [1.54, 1.807) is 25.0 Å². The van der Waals surface area contributed by atoms with Crippen molar-refractivity contribution in [3.8, 4) is 11.5 Å². The fourth-order valence-electron chi connectivity index (χ4n) is 6.46. The Morgan fingerprint density at radius 3 is 2.43 bits per heavy atom. The van der Waals surface area contributed by atoms with Gasteiger partial charge in [-0.1, -0.05) is 0 Å². The van der Waals surface area contributed by atoms with E-state index in [1.807, 2.05) is 31.8 Å². The van der Waals surface area contributed by atoms with Crippen LogP contribution in [0.5, 0.6) is 11.5 Å². The van der Waals surface area contributed by atoms with E-state index in [0.29, 0.717) is 30.0 Å². The third-order valence-electron chi connectivity index (χ3n) is 7.38. The first-order valence-electron chi connectivity index (χ1n) is 11.8. The molecule has 1 N–H and O–H groups in total. The first-order valence-corrected chi connectivity index (χ1v) is 15.2. The van der Waals surface area contributed by atoms with Crippen LogP contribution in [0.4, 0.5) is 0 Å². The van der Waals surface area contributed by atoms with Gasteiger partial charge >= 0.3 is 5.97 Å². The van der Waals surface area contributed by atoms with Crippen molar-refractivity contribution < 1.29 is 38.1 Å². The SMILES string of the molecule is CCOC(=O)[C@@]12C[C@](/C=C/OC)(O[Si](C)(C)C)[C@@]13c1cc(OC)c(OC)cc1CCN3C(=O)C2O. The number of carbonyl (C=O) groups is 2. The number of aliphatic hydroxyl groups excluding tert-OH is 1. The first-order chi connectivity index (χ1) is 16.5. The highest BCUT2D eigenvalue weighted by molar-refractivity contribution is 6.69. The number of hydrogen-bond donors (Lipinski definition) is 1. The maximum Gasteiger partial charge on any atom is 0.318 e. The van der Waals surface area contributed by atoms with Gasteiger partial charge in [0.25, 0.3) is 5.91 Å². The van der Waals surface area contributed by atoms with E-state index in [1.165, 1.54) is 20.5 Å². The van der Waals surface area contributed by atoms with Gasteiger partial charge in [-0.25, -0.2) is 0 Å². The average molecular weight is 506 g/mol. The van der Waals surface area contributed by atoms with Crippen molar-refractivity contribution in [2.24, 2.45) is 5.41 Å². The topological polar surface area (TPSA) is 104 Å². The minimum Gasteiger partial charge on any atom is -0.505 e. The largest absolute Gasteiger partial charge is 0.505 e. The highest BCUT2D eigenvalue weighted by Crippen LogP contribution is 2.74. The highest BCUT2D eigenvalue weighted by Gasteiger charge is 2.89. The average Bonchev–Trinajstić information content (AvgIpc) is 2.97. The molecule has 1 aromatic rings. The number of nitrogens with zero attached hydrogens (tertiary/aromatic N) is 1. The summed E-state index contributed by atoms with van der Waals surface area (Å²) >= 11 is 0. The van der Waals surface area contributed by atoms with E-state index in [-0.39, 0.29) is 13.0 Å². The number of amides is 1. The van der Waals surface area contributed by atoms with Gasteiger partial charge in [0, 0.05) is 13.0 Å². The number of hydrogen-bond acceptors (Lipinski definition) is 8. The standard InChI is InChI=1S/C25H35NO8Si/c1-8-33-22(29)24-15-23(10-12-30-2,34-35(5,6)7)25(24)17-14-19(32-4)18(31-3)13-16(17)9-11-26(25)21(28)20(24)27/h10,12-14,20,27H,8-9,11,15H2,1-7H3/b12-10+/t20?,23-,24-,25-/m0/s1. The molecule has 1 spiro atoms. The number of methoxy groups -OCH3 is 3. The third-order valence-corrected chi connectivity index (χ3v) is 8.35. The Morgan fingerprint density at radius 1 is 1.20 bits per heavy atom. The van der Waals surface area contributed by atoms with Crippen molar-refractivity contribution >= 4 is 20.2 Å². The van der Waals surface area contributed by atoms with Crippen LogP contribution in [0.2, 0.25) is 19.6 Å². The number of ether oxygens (including phenoxy) is 4. The van der Waals surface area contributed by atoms with Crippen LogP contribution in [0.3, 0.4) is 0 Å². The normalized spacial score (nSPS) is 31.4. The lowest BCUT2D eigenvalue weighted by molar-refractivity contribution is -0.245. The summed E-state index contributed by atoms with van der Waals surface area (Å²) in [5.74, 6) is -0.123. The van der Waals surface area contributed by atoms with Gasteiger partial charge < -0.3 is 33.4 Å². The molecule has 192 valence electrons. The Labute approximate surface area is 207 Å². The van der Waals surface area contributed by atoms with Crippen molar-refractivity contribution in [1.82, 2.24) is 4.90 Å². The van der Waals surface area contributed by atoms with Crippen LogP contribution in [0.25, 0.3) is 0 Å². The van der Waals surface area contributed by atoms with Crippen LogP contribution in [0, 0.1) is 5.41 Å². The molecule has 1 unspecified atom stereocenters. The van der Waals surface area contributed by atoms with Gasteiger partial charge in [0.15, 0.2) is 25.9 Å². The molecule has 0 radical (unpaired) electrons. The molecule has 0 bridgehead atoms. The summed E-state index contributed by atoms with van der Waals surface area (Å²) in [6.07, 6.45) is 2.32. The monoisotopic (exact) mass is 505 g/mol. The van der Waals surface area contributed by atoms with Crippen LogP contribution in [0.15, 0.2) is 24.5 Å². The summed E-state index contributed by atoms with van der Waals surface area (Å²) in [6.45, 7) is 8.27. The van der Waals surface area contributed by atoms with Crippen molar-refractivity contribution in [3.63, 3.8) is 0 Å². The van der Waals surface area contributed by atoms with Crippen molar-refractivity contribution in [1.29, 1.82) is 0 Å². The number of benzene rings is 1. The molecule has 9 nitrogen and oxygen atoms in total. The van der Waals surface area contributed by atoms with E-state index in [9.17, 15) is 14.7 Å². The highest BCUT2D eigenvalue weighted by atomic mass is 28.4. The van der Waals surface area contributed by atoms with Gasteiger partial charge in [-0.15, -0.1) is 0 Å². The Hall–Kier alpha value is -2.56. The van der Waals surface area contributed by atoms with E-state index in [0.717, 1.165) is 5.56 Å². The van der Waals surface area contributed by atoms with E-state index in [2.05, 4.69) is 0 Å². The second-order valence-corrected chi connectivity index (χ2v) is 14.7. The number of carbonyl (C=O) groups excluding carboxylic acids is 2. The van der Waals surface area contributed by atoms with Crippen LogP contribution < -0.4 is 9.47 Å². The summed E-state index contributed by atoms with van der Waals surface area (Å²) in [7, 11) is 2.35. The zero-order valence-corrected chi connectivity index (χ0v) is 22.5. The molecule has 0 aromatic heterocycles. The van der Waals surface area contributed by atoms with Gasteiger partial charge in [-0.3, -0.25) is 9.59 Å². The molecule has 1 saturated carbocycles. The molecular weight excluding hydrogens is 470 g/mol. The van der Waals surface area contributed by atoms with Crippen molar-refractivity contribution in [2.75, 3.05) is 34.5 Å². The van der Waals surface area contributed by atoms with Gasteiger partial charge in [0.05, 0.1) is 34.2 Å². The van der Waals surface area contributed by atoms with E-state index in [4.69, 9.17) is 23.4 Å². The fourth-order valence-corrected chi connectivity index (χ4v) is 7.84. The molecule has 2 aliphatic heterocycles. The van der Waals surface area contributed by atoms with E-state index >= 15 is 0 Å². The fraction of sp³-hybridized carbons (Fsp3) is 0.600. The maximum absolute atomic E-state index is 13.7. The summed E-state index contributed by atoms with van der Waals surface area (Å²) in [6, 6.07) is 3.69. The molecule has 4 atom stereocenters. The first kappa shape index (κ1) is 25.5. The summed E-state index contributed by atoms with van der Waals surface area (Å²) in [5, 5.41) is 11.4.